The molecule has 3 atom stereocenters. The van der Waals surface area contributed by atoms with Gasteiger partial charge in [-0.25, -0.2) is 0 Å². The number of rotatable bonds is 5. The Morgan fingerprint density at radius 3 is 2.69 bits per heavy atom. The molecule has 5 rings (SSSR count). The van der Waals surface area contributed by atoms with E-state index in [2.05, 4.69) is 16.9 Å². The second kappa shape index (κ2) is 9.41. The van der Waals surface area contributed by atoms with Crippen LogP contribution in [0.5, 0.6) is 0 Å². The van der Waals surface area contributed by atoms with Gasteiger partial charge in [0.2, 0.25) is 5.91 Å². The van der Waals surface area contributed by atoms with Crippen LogP contribution in [0.25, 0.3) is 0 Å². The molecule has 0 spiro atoms. The van der Waals surface area contributed by atoms with Gasteiger partial charge in [0.05, 0.1) is 24.9 Å². The van der Waals surface area contributed by atoms with Gasteiger partial charge in [0.15, 0.2) is 0 Å². The molecule has 1 saturated carbocycles. The van der Waals surface area contributed by atoms with Crippen LogP contribution in [0.4, 0.5) is 13.2 Å². The topological polar surface area (TPSA) is 50.6 Å². The van der Waals surface area contributed by atoms with Gasteiger partial charge in [-0.05, 0) is 50.3 Å². The molecule has 0 unspecified atom stereocenters. The molecule has 1 amide bonds. The first-order valence-corrected chi connectivity index (χ1v) is 12.6. The van der Waals surface area contributed by atoms with Crippen molar-refractivity contribution in [2.45, 2.75) is 69.9 Å². The number of carbonyl (C=O) groups is 1. The maximum absolute atomic E-state index is 13.7. The highest BCUT2D eigenvalue weighted by molar-refractivity contribution is 6.32. The average molecular weight is 511 g/mol. The summed E-state index contributed by atoms with van der Waals surface area (Å²) in [5, 5.41) is 4.79. The molecule has 2 aliphatic heterocycles. The standard InChI is InChI=1S/C25H30ClF3N4O2/c1-15-4-3-5-18(23(15)26)24-20(31-10-11-35-14-16(31)2)8-9-32(24)22(34)13-33-21(25(27,28)29)12-19(30-33)17-6-7-17/h3-5,12,16-17,20,24H,6-11,13-14H2,1-2H3/t16-,20-,24-/m1/s1. The number of amides is 1. The zero-order chi connectivity index (χ0) is 24.9. The van der Waals surface area contributed by atoms with Gasteiger partial charge in [-0.3, -0.25) is 14.4 Å². The van der Waals surface area contributed by atoms with Crippen molar-refractivity contribution in [2.24, 2.45) is 0 Å². The number of nitrogens with zero attached hydrogens (tertiary/aromatic N) is 4. The predicted molar refractivity (Wildman–Crippen MR) is 125 cm³/mol. The number of likely N-dealkylation sites (tertiary alicyclic amines) is 1. The number of ether oxygens (including phenoxy) is 1. The highest BCUT2D eigenvalue weighted by atomic mass is 35.5. The number of benzene rings is 1. The van der Waals surface area contributed by atoms with Crippen LogP contribution in [0.3, 0.4) is 0 Å². The Hall–Kier alpha value is -2.10. The van der Waals surface area contributed by atoms with Crippen LogP contribution in [-0.2, 0) is 22.3 Å². The Balaban J connectivity index is 1.47. The monoisotopic (exact) mass is 510 g/mol. The van der Waals surface area contributed by atoms with E-state index in [1.807, 2.05) is 25.1 Å². The van der Waals surface area contributed by atoms with Gasteiger partial charge in [0.25, 0.3) is 0 Å². The van der Waals surface area contributed by atoms with Crippen molar-refractivity contribution in [1.82, 2.24) is 19.6 Å². The predicted octanol–water partition coefficient (Wildman–Crippen LogP) is 4.80. The number of hydrogen-bond acceptors (Lipinski definition) is 4. The summed E-state index contributed by atoms with van der Waals surface area (Å²) in [5.74, 6) is -0.322. The average Bonchev–Trinajstić information content (AvgIpc) is 3.41. The molecule has 0 bridgehead atoms. The molecule has 190 valence electrons. The molecule has 2 aromatic rings. The molecule has 3 heterocycles. The minimum atomic E-state index is -4.57. The molecule has 6 nitrogen and oxygen atoms in total. The number of alkyl halides is 3. The van der Waals surface area contributed by atoms with Crippen LogP contribution < -0.4 is 0 Å². The summed E-state index contributed by atoms with van der Waals surface area (Å²) in [7, 11) is 0. The lowest BCUT2D eigenvalue weighted by Crippen LogP contribution is -2.51. The molecule has 2 saturated heterocycles. The van der Waals surface area contributed by atoms with Crippen LogP contribution in [0.1, 0.15) is 60.7 Å². The van der Waals surface area contributed by atoms with Crippen molar-refractivity contribution in [2.75, 3.05) is 26.3 Å². The largest absolute Gasteiger partial charge is 0.433 e. The third-order valence-electron chi connectivity index (χ3n) is 7.44. The quantitative estimate of drug-likeness (QED) is 0.579. The lowest BCUT2D eigenvalue weighted by Gasteiger charge is -2.41. The summed E-state index contributed by atoms with van der Waals surface area (Å²) < 4.78 is 47.7. The van der Waals surface area contributed by atoms with Gasteiger partial charge >= 0.3 is 6.18 Å². The highest BCUT2D eigenvalue weighted by Gasteiger charge is 2.45. The van der Waals surface area contributed by atoms with Crippen molar-refractivity contribution in [1.29, 1.82) is 0 Å². The van der Waals surface area contributed by atoms with Gasteiger partial charge in [-0.1, -0.05) is 29.8 Å². The summed E-state index contributed by atoms with van der Waals surface area (Å²) in [6.07, 6.45) is -2.19. The first-order chi connectivity index (χ1) is 16.6. The number of morpholine rings is 1. The molecule has 1 aromatic carbocycles. The minimum absolute atomic E-state index is 0.00103. The van der Waals surface area contributed by atoms with E-state index < -0.39 is 18.4 Å². The minimum Gasteiger partial charge on any atom is -0.379 e. The Morgan fingerprint density at radius 2 is 2.00 bits per heavy atom. The Morgan fingerprint density at radius 1 is 1.23 bits per heavy atom. The third-order valence-corrected chi connectivity index (χ3v) is 7.96. The fraction of sp³-hybridized carbons (Fsp3) is 0.600. The van der Waals surface area contributed by atoms with E-state index in [4.69, 9.17) is 16.3 Å². The molecular weight excluding hydrogens is 481 g/mol. The summed E-state index contributed by atoms with van der Waals surface area (Å²) in [6, 6.07) is 6.65. The summed E-state index contributed by atoms with van der Waals surface area (Å²) in [4.78, 5) is 17.6. The second-order valence-electron chi connectivity index (χ2n) is 9.91. The van der Waals surface area contributed by atoms with Gasteiger partial charge in [0.1, 0.15) is 12.2 Å². The second-order valence-corrected chi connectivity index (χ2v) is 10.3. The fourth-order valence-corrected chi connectivity index (χ4v) is 5.73. The molecule has 3 aliphatic rings. The molecule has 3 fully saturated rings. The van der Waals surface area contributed by atoms with Crippen molar-refractivity contribution in [3.8, 4) is 0 Å². The smallest absolute Gasteiger partial charge is 0.379 e. The van der Waals surface area contributed by atoms with Crippen LogP contribution >= 0.6 is 11.6 Å². The normalized spacial score (nSPS) is 25.9. The Bertz CT molecular complexity index is 1100. The number of carbonyl (C=O) groups excluding carboxylic acids is 1. The van der Waals surface area contributed by atoms with E-state index in [1.54, 1.807) is 4.90 Å². The first-order valence-electron chi connectivity index (χ1n) is 12.2. The Labute approximate surface area is 208 Å². The molecule has 0 N–H and O–H groups in total. The lowest BCUT2D eigenvalue weighted by atomic mass is 9.95. The van der Waals surface area contributed by atoms with Crippen LogP contribution in [-0.4, -0.2) is 63.9 Å². The number of halogens is 4. The van der Waals surface area contributed by atoms with E-state index in [9.17, 15) is 18.0 Å². The van der Waals surface area contributed by atoms with Crippen molar-refractivity contribution in [3.63, 3.8) is 0 Å². The third kappa shape index (κ3) is 4.82. The van der Waals surface area contributed by atoms with E-state index in [0.717, 1.165) is 41.3 Å². The molecular formula is C25H30ClF3N4O2. The Kier molecular flexibility index (Phi) is 6.61. The fourth-order valence-electron chi connectivity index (χ4n) is 5.49. The van der Waals surface area contributed by atoms with Gasteiger partial charge in [0, 0.05) is 36.1 Å². The zero-order valence-corrected chi connectivity index (χ0v) is 20.6. The van der Waals surface area contributed by atoms with Crippen molar-refractivity contribution >= 4 is 17.5 Å². The molecule has 0 radical (unpaired) electrons. The van der Waals surface area contributed by atoms with Crippen LogP contribution in [0, 0.1) is 6.92 Å². The van der Waals surface area contributed by atoms with Gasteiger partial charge < -0.3 is 9.64 Å². The summed E-state index contributed by atoms with van der Waals surface area (Å²) in [6.45, 7) is 5.94. The summed E-state index contributed by atoms with van der Waals surface area (Å²) in [5.41, 5.74) is 1.29. The van der Waals surface area contributed by atoms with Crippen LogP contribution in [0.15, 0.2) is 24.3 Å². The lowest BCUT2D eigenvalue weighted by molar-refractivity contribution is -0.146. The maximum Gasteiger partial charge on any atom is 0.433 e. The van der Waals surface area contributed by atoms with E-state index in [-0.39, 0.29) is 30.0 Å². The van der Waals surface area contributed by atoms with E-state index in [0.29, 0.717) is 36.9 Å². The molecule has 10 heteroatoms. The number of aromatic nitrogens is 2. The van der Waals surface area contributed by atoms with Crippen molar-refractivity contribution in [3.05, 3.63) is 51.8 Å². The van der Waals surface area contributed by atoms with Crippen LogP contribution in [0.2, 0.25) is 5.02 Å². The van der Waals surface area contributed by atoms with Crippen molar-refractivity contribution < 1.29 is 22.7 Å². The van der Waals surface area contributed by atoms with E-state index in [1.165, 1.54) is 0 Å². The maximum atomic E-state index is 13.7. The molecule has 1 aromatic heterocycles. The van der Waals surface area contributed by atoms with Gasteiger partial charge in [-0.15, -0.1) is 0 Å². The SMILES string of the molecule is Cc1cccc([C@@H]2[C@H](N3CCOC[C@H]3C)CCN2C(=O)Cn2nc(C3CC3)cc2C(F)(F)F)c1Cl. The van der Waals surface area contributed by atoms with E-state index >= 15 is 0 Å². The summed E-state index contributed by atoms with van der Waals surface area (Å²) >= 11 is 6.73. The molecule has 35 heavy (non-hydrogen) atoms. The highest BCUT2D eigenvalue weighted by Crippen LogP contribution is 2.43. The zero-order valence-electron chi connectivity index (χ0n) is 19.9. The number of aryl methyl sites for hydroxylation is 1. The first kappa shape index (κ1) is 24.6. The number of hydrogen-bond donors (Lipinski definition) is 0. The van der Waals surface area contributed by atoms with Gasteiger partial charge in [-0.2, -0.15) is 18.3 Å². The molecule has 1 aliphatic carbocycles.